The summed E-state index contributed by atoms with van der Waals surface area (Å²) in [6.07, 6.45) is 5.04. The predicted molar refractivity (Wildman–Crippen MR) is 77.5 cm³/mol. The maximum absolute atomic E-state index is 11.5. The second-order valence-corrected chi connectivity index (χ2v) is 6.79. The van der Waals surface area contributed by atoms with E-state index in [0.29, 0.717) is 5.92 Å². The first kappa shape index (κ1) is 14.1. The average Bonchev–Trinajstić information content (AvgIpc) is 2.80. The van der Waals surface area contributed by atoms with Crippen molar-refractivity contribution in [2.45, 2.75) is 30.6 Å². The van der Waals surface area contributed by atoms with E-state index >= 15 is 0 Å². The quantitative estimate of drug-likeness (QED) is 0.820. The van der Waals surface area contributed by atoms with Crippen molar-refractivity contribution in [1.82, 2.24) is 0 Å². The fourth-order valence-electron chi connectivity index (χ4n) is 2.79. The zero-order valence-corrected chi connectivity index (χ0v) is 12.0. The molecule has 106 valence electrons. The van der Waals surface area contributed by atoms with Crippen LogP contribution in [0.25, 0.3) is 0 Å². The van der Waals surface area contributed by atoms with Gasteiger partial charge in [-0.15, -0.1) is 0 Å². The fourth-order valence-corrected chi connectivity index (χ4v) is 3.47. The molecule has 4 N–H and O–H groups in total. The third-order valence-corrected chi connectivity index (χ3v) is 4.74. The highest BCUT2D eigenvalue weighted by Gasteiger charge is 2.20. The van der Waals surface area contributed by atoms with Crippen molar-refractivity contribution in [1.29, 1.82) is 0 Å². The van der Waals surface area contributed by atoms with Gasteiger partial charge in [-0.3, -0.25) is 0 Å². The molecule has 0 aliphatic heterocycles. The van der Waals surface area contributed by atoms with Gasteiger partial charge in [-0.05, 0) is 30.9 Å². The lowest BCUT2D eigenvalue weighted by Gasteiger charge is -2.25. The highest BCUT2D eigenvalue weighted by atomic mass is 32.2. The Balaban J connectivity index is 2.24. The van der Waals surface area contributed by atoms with Crippen LogP contribution in [0, 0.1) is 5.92 Å². The zero-order valence-electron chi connectivity index (χ0n) is 11.2. The van der Waals surface area contributed by atoms with Gasteiger partial charge in [0.2, 0.25) is 10.0 Å². The lowest BCUT2D eigenvalue weighted by Crippen LogP contribution is -2.25. The van der Waals surface area contributed by atoms with Gasteiger partial charge < -0.3 is 10.6 Å². The number of nitrogens with two attached hydrogens (primary N) is 2. The van der Waals surface area contributed by atoms with E-state index in [2.05, 4.69) is 0 Å². The molecule has 1 aliphatic rings. The van der Waals surface area contributed by atoms with Gasteiger partial charge in [0.05, 0.1) is 11.4 Å². The maximum atomic E-state index is 11.5. The number of hydrogen-bond donors (Lipinski definition) is 2. The summed E-state index contributed by atoms with van der Waals surface area (Å²) in [5, 5.41) is 5.16. The summed E-state index contributed by atoms with van der Waals surface area (Å²) < 4.78 is 22.9. The second kappa shape index (κ2) is 5.38. The van der Waals surface area contributed by atoms with Crippen molar-refractivity contribution in [3.05, 3.63) is 18.2 Å². The molecule has 0 heterocycles. The molecule has 1 aliphatic carbocycles. The molecule has 1 aromatic carbocycles. The molecule has 2 rings (SSSR count). The number of sulfonamides is 1. The predicted octanol–water partition coefficient (Wildman–Crippen LogP) is 1.54. The van der Waals surface area contributed by atoms with E-state index in [4.69, 9.17) is 10.9 Å². The minimum Gasteiger partial charge on any atom is -0.396 e. The van der Waals surface area contributed by atoms with E-state index in [1.165, 1.54) is 31.7 Å². The van der Waals surface area contributed by atoms with Gasteiger partial charge in [-0.25, -0.2) is 13.6 Å². The second-order valence-electron chi connectivity index (χ2n) is 5.26. The number of rotatable bonds is 4. The third-order valence-electron chi connectivity index (χ3n) is 3.77. The van der Waals surface area contributed by atoms with E-state index in [-0.39, 0.29) is 10.6 Å². The average molecular weight is 283 g/mol. The molecule has 19 heavy (non-hydrogen) atoms. The standard InChI is InChI=1S/C13H21N3O2S/c1-16(9-10-5-2-3-6-10)11-7-4-8-12(13(11)14)19(15,17)18/h4,7-8,10H,2-3,5-6,9,14H2,1H3,(H2,15,17,18). The zero-order chi connectivity index (χ0) is 14.0. The van der Waals surface area contributed by atoms with Crippen LogP contribution >= 0.6 is 0 Å². The lowest BCUT2D eigenvalue weighted by atomic mass is 10.1. The van der Waals surface area contributed by atoms with Crippen LogP contribution < -0.4 is 15.8 Å². The molecular formula is C13H21N3O2S. The monoisotopic (exact) mass is 283 g/mol. The van der Waals surface area contributed by atoms with Crippen LogP contribution in [0.2, 0.25) is 0 Å². The van der Waals surface area contributed by atoms with E-state index in [0.717, 1.165) is 12.2 Å². The number of benzene rings is 1. The Labute approximate surface area is 114 Å². The molecule has 0 radical (unpaired) electrons. The summed E-state index contributed by atoms with van der Waals surface area (Å²) in [6, 6.07) is 4.95. The SMILES string of the molecule is CN(CC1CCCC1)c1cccc(S(N)(=O)=O)c1N. The molecule has 0 amide bonds. The Bertz CT molecular complexity index is 551. The molecule has 0 aromatic heterocycles. The minimum absolute atomic E-state index is 0.00303. The topological polar surface area (TPSA) is 89.4 Å². The number of anilines is 2. The van der Waals surface area contributed by atoms with Crippen molar-refractivity contribution in [2.24, 2.45) is 11.1 Å². The van der Waals surface area contributed by atoms with Crippen molar-refractivity contribution in [3.63, 3.8) is 0 Å². The minimum atomic E-state index is -3.77. The Kier molecular flexibility index (Phi) is 4.01. The smallest absolute Gasteiger partial charge is 0.240 e. The third kappa shape index (κ3) is 3.19. The van der Waals surface area contributed by atoms with Crippen molar-refractivity contribution in [3.8, 4) is 0 Å². The molecule has 6 heteroatoms. The number of nitrogen functional groups attached to an aromatic ring is 1. The molecule has 1 saturated carbocycles. The summed E-state index contributed by atoms with van der Waals surface area (Å²) in [6.45, 7) is 0.901. The first-order valence-corrected chi connectivity index (χ1v) is 8.06. The molecule has 1 aromatic rings. The largest absolute Gasteiger partial charge is 0.396 e. The van der Waals surface area contributed by atoms with Gasteiger partial charge in [0, 0.05) is 13.6 Å². The summed E-state index contributed by atoms with van der Waals surface area (Å²) in [7, 11) is -1.83. The van der Waals surface area contributed by atoms with Gasteiger partial charge in [0.15, 0.2) is 0 Å². The first-order valence-electron chi connectivity index (χ1n) is 6.52. The summed E-state index contributed by atoms with van der Waals surface area (Å²) in [5.74, 6) is 0.669. The Hall–Kier alpha value is -1.27. The molecule has 0 saturated heterocycles. The van der Waals surface area contributed by atoms with Crippen LogP contribution in [-0.4, -0.2) is 22.0 Å². The van der Waals surface area contributed by atoms with Crippen LogP contribution in [0.1, 0.15) is 25.7 Å². The Morgan fingerprint density at radius 1 is 1.32 bits per heavy atom. The number of para-hydroxylation sites is 1. The summed E-state index contributed by atoms with van der Waals surface area (Å²) in [4.78, 5) is 2.03. The first-order chi connectivity index (χ1) is 8.89. The van der Waals surface area contributed by atoms with E-state index < -0.39 is 10.0 Å². The van der Waals surface area contributed by atoms with Crippen LogP contribution in [0.5, 0.6) is 0 Å². The number of primary sulfonamides is 1. The maximum Gasteiger partial charge on any atom is 0.240 e. The van der Waals surface area contributed by atoms with E-state index in [1.807, 2.05) is 18.0 Å². The van der Waals surface area contributed by atoms with Gasteiger partial charge in [0.1, 0.15) is 4.90 Å². The normalized spacial score (nSPS) is 16.7. The molecule has 5 nitrogen and oxygen atoms in total. The highest BCUT2D eigenvalue weighted by Crippen LogP contribution is 2.31. The fraction of sp³-hybridized carbons (Fsp3) is 0.538. The lowest BCUT2D eigenvalue weighted by molar-refractivity contribution is 0.547. The number of nitrogens with zero attached hydrogens (tertiary/aromatic N) is 1. The molecule has 1 fully saturated rings. The Morgan fingerprint density at radius 2 is 1.95 bits per heavy atom. The van der Waals surface area contributed by atoms with Crippen molar-refractivity contribution in [2.75, 3.05) is 24.2 Å². The Morgan fingerprint density at radius 3 is 2.53 bits per heavy atom. The highest BCUT2D eigenvalue weighted by molar-refractivity contribution is 7.89. The van der Waals surface area contributed by atoms with Gasteiger partial charge >= 0.3 is 0 Å². The molecular weight excluding hydrogens is 262 g/mol. The van der Waals surface area contributed by atoms with Gasteiger partial charge in [0.25, 0.3) is 0 Å². The van der Waals surface area contributed by atoms with E-state index in [9.17, 15) is 8.42 Å². The van der Waals surface area contributed by atoms with Crippen LogP contribution in [0.15, 0.2) is 23.1 Å². The molecule has 0 unspecified atom stereocenters. The molecule has 0 bridgehead atoms. The molecule has 0 spiro atoms. The van der Waals surface area contributed by atoms with E-state index in [1.54, 1.807) is 6.07 Å². The summed E-state index contributed by atoms with van der Waals surface area (Å²) in [5.41, 5.74) is 6.92. The molecule has 0 atom stereocenters. The van der Waals surface area contributed by atoms with Gasteiger partial charge in [-0.1, -0.05) is 18.9 Å². The van der Waals surface area contributed by atoms with Crippen molar-refractivity contribution < 1.29 is 8.42 Å². The van der Waals surface area contributed by atoms with Crippen LogP contribution in [0.3, 0.4) is 0 Å². The number of hydrogen-bond acceptors (Lipinski definition) is 4. The summed E-state index contributed by atoms with van der Waals surface area (Å²) >= 11 is 0. The van der Waals surface area contributed by atoms with Crippen LogP contribution in [-0.2, 0) is 10.0 Å². The van der Waals surface area contributed by atoms with Gasteiger partial charge in [-0.2, -0.15) is 0 Å². The van der Waals surface area contributed by atoms with Crippen LogP contribution in [0.4, 0.5) is 11.4 Å². The van der Waals surface area contributed by atoms with Crippen molar-refractivity contribution >= 4 is 21.4 Å².